The van der Waals surface area contributed by atoms with Gasteiger partial charge in [0.2, 0.25) is 0 Å². The van der Waals surface area contributed by atoms with Gasteiger partial charge in [0, 0.05) is 30.9 Å². The van der Waals surface area contributed by atoms with Gasteiger partial charge < -0.3 is 10.2 Å². The summed E-state index contributed by atoms with van der Waals surface area (Å²) in [5.41, 5.74) is 1.30. The van der Waals surface area contributed by atoms with E-state index in [0.717, 1.165) is 19.5 Å². The first-order valence-corrected chi connectivity index (χ1v) is 6.71. The summed E-state index contributed by atoms with van der Waals surface area (Å²) in [7, 11) is 2.20. The smallest absolute Gasteiger partial charge is 0.0534 e. The minimum absolute atomic E-state index is 0.681. The zero-order valence-electron chi connectivity index (χ0n) is 11.0. The van der Waals surface area contributed by atoms with Gasteiger partial charge in [-0.25, -0.2) is 0 Å². The van der Waals surface area contributed by atoms with Crippen LogP contribution in [0, 0.1) is 0 Å². The molecule has 0 unspecified atom stereocenters. The molecule has 1 aromatic rings. The van der Waals surface area contributed by atoms with Crippen molar-refractivity contribution in [2.24, 2.45) is 0 Å². The normalized spacial score (nSPS) is 18.7. The average Bonchev–Trinajstić information content (AvgIpc) is 2.77. The molecule has 96 valence electrons. The zero-order valence-corrected chi connectivity index (χ0v) is 11.0. The van der Waals surface area contributed by atoms with Gasteiger partial charge in [-0.2, -0.15) is 5.10 Å². The molecule has 0 atom stereocenters. The third kappa shape index (κ3) is 3.82. The van der Waals surface area contributed by atoms with Gasteiger partial charge in [0.1, 0.15) is 0 Å². The van der Waals surface area contributed by atoms with E-state index in [2.05, 4.69) is 35.5 Å². The zero-order chi connectivity index (χ0) is 12.1. The summed E-state index contributed by atoms with van der Waals surface area (Å²) >= 11 is 0. The van der Waals surface area contributed by atoms with Crippen LogP contribution >= 0.6 is 0 Å². The van der Waals surface area contributed by atoms with Crippen molar-refractivity contribution in [2.75, 3.05) is 20.1 Å². The highest BCUT2D eigenvalue weighted by Crippen LogP contribution is 2.09. The van der Waals surface area contributed by atoms with E-state index in [-0.39, 0.29) is 0 Å². The Hall–Kier alpha value is -0.870. The van der Waals surface area contributed by atoms with E-state index in [1.807, 2.05) is 10.9 Å². The molecule has 17 heavy (non-hydrogen) atoms. The average molecular weight is 236 g/mol. The molecule has 0 saturated carbocycles. The molecule has 1 aliphatic rings. The quantitative estimate of drug-likeness (QED) is 0.840. The van der Waals surface area contributed by atoms with Crippen molar-refractivity contribution in [1.82, 2.24) is 20.0 Å². The van der Waals surface area contributed by atoms with E-state index in [1.165, 1.54) is 31.5 Å². The fourth-order valence-corrected chi connectivity index (χ4v) is 2.32. The number of likely N-dealkylation sites (tertiary alicyclic amines) is 1. The number of nitrogens with zero attached hydrogens (tertiary/aromatic N) is 3. The van der Waals surface area contributed by atoms with Crippen LogP contribution in [0.25, 0.3) is 0 Å². The minimum Gasteiger partial charge on any atom is -0.310 e. The maximum atomic E-state index is 4.35. The highest BCUT2D eigenvalue weighted by atomic mass is 15.3. The lowest BCUT2D eigenvalue weighted by Gasteiger charge is -2.29. The predicted molar refractivity (Wildman–Crippen MR) is 69.9 cm³/mol. The lowest BCUT2D eigenvalue weighted by atomic mass is 10.1. The van der Waals surface area contributed by atoms with Crippen molar-refractivity contribution in [2.45, 2.75) is 45.3 Å². The van der Waals surface area contributed by atoms with E-state index in [1.54, 1.807) is 0 Å². The maximum absolute atomic E-state index is 4.35. The van der Waals surface area contributed by atoms with E-state index in [0.29, 0.717) is 6.04 Å². The van der Waals surface area contributed by atoms with Crippen molar-refractivity contribution in [3.8, 4) is 0 Å². The van der Waals surface area contributed by atoms with E-state index >= 15 is 0 Å². The molecule has 4 heteroatoms. The molecule has 4 nitrogen and oxygen atoms in total. The van der Waals surface area contributed by atoms with Crippen LogP contribution in [-0.4, -0.2) is 40.9 Å². The monoisotopic (exact) mass is 236 g/mol. The number of hydrogen-bond acceptors (Lipinski definition) is 3. The van der Waals surface area contributed by atoms with E-state index in [9.17, 15) is 0 Å². The van der Waals surface area contributed by atoms with Gasteiger partial charge in [0.05, 0.1) is 6.20 Å². The summed E-state index contributed by atoms with van der Waals surface area (Å²) in [6.07, 6.45) is 7.81. The Labute approximate surface area is 104 Å². The molecule has 2 rings (SSSR count). The Morgan fingerprint density at radius 1 is 1.41 bits per heavy atom. The van der Waals surface area contributed by atoms with Gasteiger partial charge in [-0.15, -0.1) is 0 Å². The van der Waals surface area contributed by atoms with E-state index in [4.69, 9.17) is 0 Å². The molecule has 0 aromatic carbocycles. The van der Waals surface area contributed by atoms with Crippen LogP contribution in [0.3, 0.4) is 0 Å². The van der Waals surface area contributed by atoms with Crippen molar-refractivity contribution in [3.05, 3.63) is 18.0 Å². The molecular formula is C13H24N4. The fraction of sp³-hybridized carbons (Fsp3) is 0.769. The molecule has 1 aromatic heterocycles. The predicted octanol–water partition coefficient (Wildman–Crippen LogP) is 1.48. The van der Waals surface area contributed by atoms with Crippen LogP contribution in [-0.2, 0) is 13.1 Å². The summed E-state index contributed by atoms with van der Waals surface area (Å²) < 4.78 is 2.03. The molecule has 0 aliphatic carbocycles. The van der Waals surface area contributed by atoms with Crippen molar-refractivity contribution < 1.29 is 0 Å². The largest absolute Gasteiger partial charge is 0.310 e. The molecule has 1 N–H and O–H groups in total. The second kappa shape index (κ2) is 6.17. The summed E-state index contributed by atoms with van der Waals surface area (Å²) in [4.78, 5) is 2.40. The summed E-state index contributed by atoms with van der Waals surface area (Å²) in [5.74, 6) is 0. The highest BCUT2D eigenvalue weighted by molar-refractivity contribution is 5.03. The van der Waals surface area contributed by atoms with Gasteiger partial charge in [-0.05, 0) is 39.4 Å². The molecule has 1 saturated heterocycles. The molecule has 0 spiro atoms. The minimum atomic E-state index is 0.681. The number of nitrogens with one attached hydrogen (secondary N) is 1. The van der Waals surface area contributed by atoms with Gasteiger partial charge in [-0.1, -0.05) is 6.92 Å². The lowest BCUT2D eigenvalue weighted by Crippen LogP contribution is -2.40. The Bertz CT molecular complexity index is 326. The third-order valence-electron chi connectivity index (χ3n) is 3.45. The van der Waals surface area contributed by atoms with Gasteiger partial charge >= 0.3 is 0 Å². The Kier molecular flexibility index (Phi) is 4.57. The second-order valence-electron chi connectivity index (χ2n) is 5.07. The van der Waals surface area contributed by atoms with Gasteiger partial charge in [0.15, 0.2) is 0 Å². The number of hydrogen-bond donors (Lipinski definition) is 1. The van der Waals surface area contributed by atoms with Gasteiger partial charge in [0.25, 0.3) is 0 Å². The van der Waals surface area contributed by atoms with Crippen LogP contribution < -0.4 is 5.32 Å². The maximum Gasteiger partial charge on any atom is 0.0534 e. The Morgan fingerprint density at radius 2 is 2.18 bits per heavy atom. The SMILES string of the molecule is CCCn1cc(CNC2CCN(C)CC2)cn1. The topological polar surface area (TPSA) is 33.1 Å². The summed E-state index contributed by atoms with van der Waals surface area (Å²) in [5, 5.41) is 7.98. The van der Waals surface area contributed by atoms with Crippen molar-refractivity contribution in [3.63, 3.8) is 0 Å². The van der Waals surface area contributed by atoms with Crippen LogP contribution in [0.15, 0.2) is 12.4 Å². The van der Waals surface area contributed by atoms with Crippen molar-refractivity contribution in [1.29, 1.82) is 0 Å². The Morgan fingerprint density at radius 3 is 2.88 bits per heavy atom. The number of rotatable bonds is 5. The Balaban J connectivity index is 1.73. The standard InChI is InChI=1S/C13H24N4/c1-3-6-17-11-12(10-15-17)9-14-13-4-7-16(2)8-5-13/h10-11,13-14H,3-9H2,1-2H3. The molecular weight excluding hydrogens is 212 g/mol. The van der Waals surface area contributed by atoms with E-state index < -0.39 is 0 Å². The van der Waals surface area contributed by atoms with Crippen LogP contribution in [0.5, 0.6) is 0 Å². The number of aromatic nitrogens is 2. The molecule has 0 radical (unpaired) electrons. The summed E-state index contributed by atoms with van der Waals surface area (Å²) in [6.45, 7) is 6.59. The molecule has 0 amide bonds. The number of aryl methyl sites for hydroxylation is 1. The third-order valence-corrected chi connectivity index (χ3v) is 3.45. The van der Waals surface area contributed by atoms with Gasteiger partial charge in [-0.3, -0.25) is 4.68 Å². The first kappa shape index (κ1) is 12.6. The van der Waals surface area contributed by atoms with Crippen LogP contribution in [0.1, 0.15) is 31.7 Å². The first-order valence-electron chi connectivity index (χ1n) is 6.71. The lowest BCUT2D eigenvalue weighted by molar-refractivity contribution is 0.234. The van der Waals surface area contributed by atoms with Crippen molar-refractivity contribution >= 4 is 0 Å². The molecule has 0 bridgehead atoms. The highest BCUT2D eigenvalue weighted by Gasteiger charge is 2.15. The summed E-state index contributed by atoms with van der Waals surface area (Å²) in [6, 6.07) is 0.681. The molecule has 1 fully saturated rings. The first-order chi connectivity index (χ1) is 8.28. The fourth-order valence-electron chi connectivity index (χ4n) is 2.32. The second-order valence-corrected chi connectivity index (χ2v) is 5.07. The van der Waals surface area contributed by atoms with Crippen LogP contribution in [0.2, 0.25) is 0 Å². The molecule has 2 heterocycles. The van der Waals surface area contributed by atoms with Crippen LogP contribution in [0.4, 0.5) is 0 Å². The molecule has 1 aliphatic heterocycles. The number of piperidine rings is 1.